The van der Waals surface area contributed by atoms with Gasteiger partial charge in [0.15, 0.2) is 0 Å². The number of rotatable bonds is 4. The van der Waals surface area contributed by atoms with Crippen molar-refractivity contribution < 1.29 is 14.4 Å². The van der Waals surface area contributed by atoms with E-state index in [9.17, 15) is 4.79 Å². The lowest BCUT2D eigenvalue weighted by atomic mass is 10.2. The summed E-state index contributed by atoms with van der Waals surface area (Å²) in [6.07, 6.45) is -0.457. The number of carbonyl (C=O) groups excluding carboxylic acids is 1. The molecule has 1 aromatic rings. The monoisotopic (exact) mass is 267 g/mol. The van der Waals surface area contributed by atoms with Crippen molar-refractivity contribution in [1.82, 2.24) is 5.06 Å². The van der Waals surface area contributed by atoms with Gasteiger partial charge in [0.2, 0.25) is 0 Å². The fraction of sp³-hybridized carbons (Fsp3) is 0.533. The standard InChI is InChI=1S/C14H21NO3.CH4/c1-5-15(13(16)18-14(2,3)4)17-11-12-9-7-6-8-10-12;/h6-10H,5,11H2,1-4H3;1H4. The van der Waals surface area contributed by atoms with Gasteiger partial charge in [-0.25, -0.2) is 4.79 Å². The average Bonchev–Trinajstić information content (AvgIpc) is 2.29. The quantitative estimate of drug-likeness (QED) is 0.774. The number of hydrogen-bond donors (Lipinski definition) is 0. The van der Waals surface area contributed by atoms with Crippen LogP contribution >= 0.6 is 0 Å². The summed E-state index contributed by atoms with van der Waals surface area (Å²) in [4.78, 5) is 17.2. The first kappa shape index (κ1) is 17.4. The Bertz CT molecular complexity index is 371. The highest BCUT2D eigenvalue weighted by Crippen LogP contribution is 2.11. The number of ether oxygens (including phenoxy) is 1. The summed E-state index contributed by atoms with van der Waals surface area (Å²) < 4.78 is 5.24. The number of hydroxylamine groups is 2. The molecule has 1 rings (SSSR count). The first-order valence-electron chi connectivity index (χ1n) is 6.09. The zero-order chi connectivity index (χ0) is 13.6. The molecule has 0 aromatic heterocycles. The van der Waals surface area contributed by atoms with E-state index in [0.717, 1.165) is 5.56 Å². The van der Waals surface area contributed by atoms with Crippen LogP contribution in [0.15, 0.2) is 30.3 Å². The fourth-order valence-corrected chi connectivity index (χ4v) is 1.31. The van der Waals surface area contributed by atoms with Crippen molar-refractivity contribution in [2.75, 3.05) is 6.54 Å². The second kappa shape index (κ2) is 7.79. The Labute approximate surface area is 116 Å². The molecule has 0 aliphatic rings. The largest absolute Gasteiger partial charge is 0.442 e. The van der Waals surface area contributed by atoms with E-state index < -0.39 is 11.7 Å². The van der Waals surface area contributed by atoms with Crippen molar-refractivity contribution in [2.45, 2.75) is 47.3 Å². The average molecular weight is 267 g/mol. The summed E-state index contributed by atoms with van der Waals surface area (Å²) in [6.45, 7) is 8.13. The molecule has 1 amide bonds. The molecule has 0 spiro atoms. The molecule has 0 atom stereocenters. The Balaban J connectivity index is 0.00000324. The smallest absolute Gasteiger partial charge is 0.434 e. The summed E-state index contributed by atoms with van der Waals surface area (Å²) in [5.41, 5.74) is 0.500. The maximum Gasteiger partial charge on any atom is 0.434 e. The topological polar surface area (TPSA) is 38.8 Å². The van der Waals surface area contributed by atoms with E-state index in [0.29, 0.717) is 13.2 Å². The summed E-state index contributed by atoms with van der Waals surface area (Å²) in [6, 6.07) is 9.70. The lowest BCUT2D eigenvalue weighted by Crippen LogP contribution is -2.36. The van der Waals surface area contributed by atoms with Gasteiger partial charge >= 0.3 is 6.09 Å². The third-order valence-electron chi connectivity index (χ3n) is 2.11. The number of benzene rings is 1. The maximum absolute atomic E-state index is 11.8. The van der Waals surface area contributed by atoms with Gasteiger partial charge in [-0.05, 0) is 33.3 Å². The predicted octanol–water partition coefficient (Wildman–Crippen LogP) is 4.01. The van der Waals surface area contributed by atoms with E-state index in [1.54, 1.807) is 0 Å². The molecule has 0 aliphatic carbocycles. The van der Waals surface area contributed by atoms with Gasteiger partial charge in [-0.3, -0.25) is 4.84 Å². The van der Waals surface area contributed by atoms with Gasteiger partial charge < -0.3 is 4.74 Å². The molecule has 108 valence electrons. The molecular weight excluding hydrogens is 242 g/mol. The van der Waals surface area contributed by atoms with Crippen LogP contribution in [-0.4, -0.2) is 23.3 Å². The van der Waals surface area contributed by atoms with Gasteiger partial charge in [-0.2, -0.15) is 5.06 Å². The minimum absolute atomic E-state index is 0. The Morgan fingerprint density at radius 2 is 1.79 bits per heavy atom. The lowest BCUT2D eigenvalue weighted by molar-refractivity contribution is -0.153. The molecule has 0 saturated carbocycles. The van der Waals surface area contributed by atoms with Gasteiger partial charge in [-0.1, -0.05) is 37.8 Å². The van der Waals surface area contributed by atoms with Crippen LogP contribution in [0.1, 0.15) is 40.7 Å². The molecule has 0 bridgehead atoms. The van der Waals surface area contributed by atoms with Crippen molar-refractivity contribution in [2.24, 2.45) is 0 Å². The molecule has 0 N–H and O–H groups in total. The summed E-state index contributed by atoms with van der Waals surface area (Å²) >= 11 is 0. The van der Waals surface area contributed by atoms with Crippen molar-refractivity contribution in [3.05, 3.63) is 35.9 Å². The predicted molar refractivity (Wildman–Crippen MR) is 76.6 cm³/mol. The minimum Gasteiger partial charge on any atom is -0.442 e. The van der Waals surface area contributed by atoms with Gasteiger partial charge in [0.05, 0.1) is 0 Å². The highest BCUT2D eigenvalue weighted by Gasteiger charge is 2.21. The molecule has 4 heteroatoms. The van der Waals surface area contributed by atoms with Crippen LogP contribution in [0.5, 0.6) is 0 Å². The van der Waals surface area contributed by atoms with E-state index in [4.69, 9.17) is 9.57 Å². The summed E-state index contributed by atoms with van der Waals surface area (Å²) in [5, 5.41) is 1.23. The van der Waals surface area contributed by atoms with Gasteiger partial charge in [0, 0.05) is 6.54 Å². The highest BCUT2D eigenvalue weighted by molar-refractivity contribution is 5.66. The van der Waals surface area contributed by atoms with Crippen molar-refractivity contribution in [1.29, 1.82) is 0 Å². The zero-order valence-corrected chi connectivity index (χ0v) is 11.5. The van der Waals surface area contributed by atoms with Crippen molar-refractivity contribution in [3.63, 3.8) is 0 Å². The zero-order valence-electron chi connectivity index (χ0n) is 11.5. The first-order chi connectivity index (χ1) is 8.42. The molecule has 0 fully saturated rings. The van der Waals surface area contributed by atoms with Crippen LogP contribution in [0.2, 0.25) is 0 Å². The summed E-state index contributed by atoms with van der Waals surface area (Å²) in [7, 11) is 0. The van der Waals surface area contributed by atoms with Crippen LogP contribution in [0.3, 0.4) is 0 Å². The van der Waals surface area contributed by atoms with Crippen LogP contribution in [-0.2, 0) is 16.2 Å². The Morgan fingerprint density at radius 1 is 1.21 bits per heavy atom. The highest BCUT2D eigenvalue weighted by atomic mass is 16.7. The second-order valence-corrected chi connectivity index (χ2v) is 4.93. The molecule has 0 saturated heterocycles. The van der Waals surface area contributed by atoms with Gasteiger partial charge in [0.1, 0.15) is 12.2 Å². The van der Waals surface area contributed by atoms with Crippen molar-refractivity contribution in [3.8, 4) is 0 Å². The van der Waals surface area contributed by atoms with Crippen LogP contribution in [0.25, 0.3) is 0 Å². The fourth-order valence-electron chi connectivity index (χ4n) is 1.31. The minimum atomic E-state index is -0.513. The number of nitrogens with zero attached hydrogens (tertiary/aromatic N) is 1. The third-order valence-corrected chi connectivity index (χ3v) is 2.11. The SMILES string of the molecule is C.CCN(OCc1ccccc1)C(=O)OC(C)(C)C. The molecule has 0 unspecified atom stereocenters. The second-order valence-electron chi connectivity index (χ2n) is 4.93. The van der Waals surface area contributed by atoms with E-state index in [2.05, 4.69) is 0 Å². The van der Waals surface area contributed by atoms with Crippen LogP contribution in [0, 0.1) is 0 Å². The summed E-state index contributed by atoms with van der Waals surface area (Å²) in [5.74, 6) is 0. The van der Waals surface area contributed by atoms with Gasteiger partial charge in [-0.15, -0.1) is 0 Å². The Morgan fingerprint density at radius 3 is 2.26 bits per heavy atom. The Kier molecular flexibility index (Phi) is 7.16. The molecule has 0 radical (unpaired) electrons. The van der Waals surface area contributed by atoms with E-state index in [1.807, 2.05) is 58.0 Å². The van der Waals surface area contributed by atoms with Crippen LogP contribution < -0.4 is 0 Å². The number of amides is 1. The maximum atomic E-state index is 11.8. The first-order valence-corrected chi connectivity index (χ1v) is 6.09. The molecule has 19 heavy (non-hydrogen) atoms. The molecule has 4 nitrogen and oxygen atoms in total. The number of carbonyl (C=O) groups is 1. The third kappa shape index (κ3) is 6.82. The molecule has 0 heterocycles. The molecule has 1 aromatic carbocycles. The van der Waals surface area contributed by atoms with Crippen LogP contribution in [0.4, 0.5) is 4.79 Å². The molecular formula is C15H25NO3. The van der Waals surface area contributed by atoms with E-state index >= 15 is 0 Å². The Hall–Kier alpha value is -1.55. The van der Waals surface area contributed by atoms with Gasteiger partial charge in [0.25, 0.3) is 0 Å². The number of hydrogen-bond acceptors (Lipinski definition) is 3. The van der Waals surface area contributed by atoms with E-state index in [-0.39, 0.29) is 7.43 Å². The normalized spacial score (nSPS) is 10.5. The van der Waals surface area contributed by atoms with E-state index in [1.165, 1.54) is 5.06 Å². The lowest BCUT2D eigenvalue weighted by Gasteiger charge is -2.25. The van der Waals surface area contributed by atoms with Crippen molar-refractivity contribution >= 4 is 6.09 Å². The molecule has 0 aliphatic heterocycles.